The van der Waals surface area contributed by atoms with Crippen molar-refractivity contribution >= 4 is 21.8 Å². The third-order valence-electron chi connectivity index (χ3n) is 4.00. The molecule has 1 unspecified atom stereocenters. The number of nitrogens with zero attached hydrogens (tertiary/aromatic N) is 1. The first-order valence-corrected chi connectivity index (χ1v) is 9.85. The first kappa shape index (κ1) is 21.1. The second kappa shape index (κ2) is 9.50. The van der Waals surface area contributed by atoms with E-state index in [2.05, 4.69) is 21.4 Å². The Kier molecular flexibility index (Phi) is 8.02. The van der Waals surface area contributed by atoms with Crippen LogP contribution in [0.1, 0.15) is 60.4 Å². The molecule has 0 fully saturated rings. The standard InChI is InChI=1S/C17H25NO6S/c1-5-7-8-12(6-2)11-25(21,22)13-9-14(16(19)23-3)15(18-10-13)17(20)24-4/h9-10,12H,5-8,11H2,1-4H3. The summed E-state index contributed by atoms with van der Waals surface area (Å²) in [6.45, 7) is 4.01. The van der Waals surface area contributed by atoms with E-state index in [0.29, 0.717) is 0 Å². The molecule has 1 rings (SSSR count). The molecule has 140 valence electrons. The molecule has 0 saturated heterocycles. The molecular formula is C17H25NO6S. The maximum absolute atomic E-state index is 12.7. The van der Waals surface area contributed by atoms with Crippen molar-refractivity contribution in [2.75, 3.05) is 20.0 Å². The molecule has 0 aliphatic carbocycles. The van der Waals surface area contributed by atoms with Crippen molar-refractivity contribution in [1.29, 1.82) is 0 Å². The SMILES string of the molecule is CCCCC(CC)CS(=O)(=O)c1cnc(C(=O)OC)c(C(=O)OC)c1. The largest absolute Gasteiger partial charge is 0.465 e. The van der Waals surface area contributed by atoms with E-state index in [0.717, 1.165) is 52.2 Å². The van der Waals surface area contributed by atoms with Gasteiger partial charge in [-0.25, -0.2) is 23.0 Å². The van der Waals surface area contributed by atoms with Gasteiger partial charge in [-0.15, -0.1) is 0 Å². The number of sulfone groups is 1. The van der Waals surface area contributed by atoms with E-state index in [1.54, 1.807) is 0 Å². The predicted molar refractivity (Wildman–Crippen MR) is 92.3 cm³/mol. The lowest BCUT2D eigenvalue weighted by molar-refractivity contribution is 0.0549. The molecule has 1 atom stereocenters. The summed E-state index contributed by atoms with van der Waals surface area (Å²) in [6.07, 6.45) is 4.61. The molecular weight excluding hydrogens is 346 g/mol. The van der Waals surface area contributed by atoms with Gasteiger partial charge in [0.05, 0.1) is 30.4 Å². The normalized spacial score (nSPS) is 12.5. The van der Waals surface area contributed by atoms with Gasteiger partial charge in [0.1, 0.15) is 0 Å². The van der Waals surface area contributed by atoms with Crippen LogP contribution in [0.3, 0.4) is 0 Å². The second-order valence-electron chi connectivity index (χ2n) is 5.75. The number of methoxy groups -OCH3 is 2. The molecule has 1 aromatic rings. The van der Waals surface area contributed by atoms with Crippen LogP contribution >= 0.6 is 0 Å². The summed E-state index contributed by atoms with van der Waals surface area (Å²) >= 11 is 0. The minimum Gasteiger partial charge on any atom is -0.465 e. The fraction of sp³-hybridized carbons (Fsp3) is 0.588. The van der Waals surface area contributed by atoms with Gasteiger partial charge >= 0.3 is 11.9 Å². The van der Waals surface area contributed by atoms with Crippen molar-refractivity contribution in [2.45, 2.75) is 44.4 Å². The van der Waals surface area contributed by atoms with E-state index >= 15 is 0 Å². The summed E-state index contributed by atoms with van der Waals surface area (Å²) in [5.41, 5.74) is -0.497. The van der Waals surface area contributed by atoms with Crippen LogP contribution in [0.4, 0.5) is 0 Å². The molecule has 0 aromatic carbocycles. The van der Waals surface area contributed by atoms with Gasteiger partial charge in [-0.2, -0.15) is 0 Å². The molecule has 1 heterocycles. The Bertz CT molecular complexity index is 714. The minimum atomic E-state index is -3.64. The second-order valence-corrected chi connectivity index (χ2v) is 7.78. The summed E-state index contributed by atoms with van der Waals surface area (Å²) < 4.78 is 34.5. The van der Waals surface area contributed by atoms with Gasteiger partial charge < -0.3 is 9.47 Å². The van der Waals surface area contributed by atoms with Gasteiger partial charge in [-0.3, -0.25) is 0 Å². The highest BCUT2D eigenvalue weighted by Crippen LogP contribution is 2.22. The molecule has 0 amide bonds. The van der Waals surface area contributed by atoms with Crippen LogP contribution < -0.4 is 0 Å². The molecule has 0 spiro atoms. The monoisotopic (exact) mass is 371 g/mol. The van der Waals surface area contributed by atoms with E-state index in [4.69, 9.17) is 0 Å². The Morgan fingerprint density at radius 1 is 1.16 bits per heavy atom. The third kappa shape index (κ3) is 5.52. The van der Waals surface area contributed by atoms with E-state index in [-0.39, 0.29) is 27.8 Å². The van der Waals surface area contributed by atoms with Crippen LogP contribution in [-0.4, -0.2) is 45.3 Å². The molecule has 8 heteroatoms. The van der Waals surface area contributed by atoms with Crippen LogP contribution in [0.2, 0.25) is 0 Å². The number of rotatable bonds is 9. The highest BCUT2D eigenvalue weighted by atomic mass is 32.2. The molecule has 0 N–H and O–H groups in total. The Balaban J connectivity index is 3.23. The van der Waals surface area contributed by atoms with Gasteiger partial charge in [0.15, 0.2) is 15.5 Å². The van der Waals surface area contributed by atoms with Crippen LogP contribution in [0, 0.1) is 5.92 Å². The third-order valence-corrected chi connectivity index (χ3v) is 5.86. The summed E-state index contributed by atoms with van der Waals surface area (Å²) in [5, 5.41) is 0. The zero-order valence-electron chi connectivity index (χ0n) is 15.1. The van der Waals surface area contributed by atoms with Crippen LogP contribution in [0.15, 0.2) is 17.2 Å². The number of unbranched alkanes of at least 4 members (excludes halogenated alkanes) is 1. The number of pyridine rings is 1. The Morgan fingerprint density at radius 2 is 1.80 bits per heavy atom. The van der Waals surface area contributed by atoms with E-state index in [1.165, 1.54) is 0 Å². The summed E-state index contributed by atoms with van der Waals surface area (Å²) in [5.74, 6) is -1.67. The highest BCUT2D eigenvalue weighted by molar-refractivity contribution is 7.91. The fourth-order valence-electron chi connectivity index (χ4n) is 2.45. The van der Waals surface area contributed by atoms with Crippen LogP contribution in [-0.2, 0) is 19.3 Å². The van der Waals surface area contributed by atoms with Crippen molar-refractivity contribution < 1.29 is 27.5 Å². The Morgan fingerprint density at radius 3 is 2.32 bits per heavy atom. The first-order valence-electron chi connectivity index (χ1n) is 8.20. The molecule has 0 aliphatic rings. The molecule has 25 heavy (non-hydrogen) atoms. The van der Waals surface area contributed by atoms with Gasteiger partial charge in [0.25, 0.3) is 0 Å². The number of ether oxygens (including phenoxy) is 2. The quantitative estimate of drug-likeness (QED) is 0.615. The molecule has 0 saturated carbocycles. The summed E-state index contributed by atoms with van der Waals surface area (Å²) in [7, 11) is -1.35. The Hall–Kier alpha value is -1.96. The van der Waals surface area contributed by atoms with E-state index < -0.39 is 21.8 Å². The molecule has 1 aromatic heterocycles. The lowest BCUT2D eigenvalue weighted by Gasteiger charge is -2.15. The first-order chi connectivity index (χ1) is 11.8. The average Bonchev–Trinajstić information content (AvgIpc) is 2.63. The van der Waals surface area contributed by atoms with Crippen molar-refractivity contribution in [3.05, 3.63) is 23.5 Å². The lowest BCUT2D eigenvalue weighted by Crippen LogP contribution is -2.19. The molecule has 0 bridgehead atoms. The van der Waals surface area contributed by atoms with Crippen LogP contribution in [0.5, 0.6) is 0 Å². The molecule has 7 nitrogen and oxygen atoms in total. The van der Waals surface area contributed by atoms with Crippen molar-refractivity contribution in [3.8, 4) is 0 Å². The van der Waals surface area contributed by atoms with Crippen molar-refractivity contribution in [2.24, 2.45) is 5.92 Å². The highest BCUT2D eigenvalue weighted by Gasteiger charge is 2.26. The number of carbonyl (C=O) groups is 2. The number of aromatic nitrogens is 1. The maximum atomic E-state index is 12.7. The van der Waals surface area contributed by atoms with Gasteiger partial charge in [0.2, 0.25) is 0 Å². The lowest BCUT2D eigenvalue weighted by atomic mass is 10.0. The smallest absolute Gasteiger partial charge is 0.357 e. The van der Waals surface area contributed by atoms with E-state index in [9.17, 15) is 18.0 Å². The number of esters is 2. The van der Waals surface area contributed by atoms with Gasteiger partial charge in [-0.05, 0) is 18.4 Å². The number of hydrogen-bond donors (Lipinski definition) is 0. The van der Waals surface area contributed by atoms with Crippen LogP contribution in [0.25, 0.3) is 0 Å². The Labute approximate surface area is 148 Å². The number of carbonyl (C=O) groups excluding carboxylic acids is 2. The predicted octanol–water partition coefficient (Wildman–Crippen LogP) is 2.64. The fourth-order valence-corrected chi connectivity index (χ4v) is 4.17. The maximum Gasteiger partial charge on any atom is 0.357 e. The topological polar surface area (TPSA) is 99.6 Å². The van der Waals surface area contributed by atoms with Gasteiger partial charge in [-0.1, -0.05) is 33.1 Å². The minimum absolute atomic E-state index is 0.0244. The van der Waals surface area contributed by atoms with Crippen molar-refractivity contribution in [1.82, 2.24) is 4.98 Å². The zero-order valence-corrected chi connectivity index (χ0v) is 15.9. The average molecular weight is 371 g/mol. The zero-order chi connectivity index (χ0) is 19.0. The molecule has 0 aliphatic heterocycles. The summed E-state index contributed by atoms with van der Waals surface area (Å²) in [4.78, 5) is 27.3. The molecule has 0 radical (unpaired) electrons. The van der Waals surface area contributed by atoms with Crippen molar-refractivity contribution in [3.63, 3.8) is 0 Å². The van der Waals surface area contributed by atoms with E-state index in [1.807, 2.05) is 6.92 Å². The summed E-state index contributed by atoms with van der Waals surface area (Å²) in [6, 6.07) is 1.13. The number of hydrogen-bond acceptors (Lipinski definition) is 7. The van der Waals surface area contributed by atoms with Gasteiger partial charge in [0, 0.05) is 6.20 Å².